The first kappa shape index (κ1) is 11.6. The Hall–Kier alpha value is -0.870. The molecule has 1 aliphatic carbocycles. The molecule has 2 atom stereocenters. The van der Waals surface area contributed by atoms with Crippen molar-refractivity contribution in [2.75, 3.05) is 6.61 Å². The van der Waals surface area contributed by atoms with Crippen LogP contribution in [0.5, 0.6) is 0 Å². The maximum Gasteiger partial charge on any atom is 0.180 e. The normalized spacial score (nSPS) is 30.5. The van der Waals surface area contributed by atoms with Crippen molar-refractivity contribution in [3.05, 3.63) is 18.4 Å². The van der Waals surface area contributed by atoms with E-state index >= 15 is 0 Å². The second-order valence-corrected chi connectivity index (χ2v) is 4.96. The summed E-state index contributed by atoms with van der Waals surface area (Å²) in [6.07, 6.45) is 7.69. The van der Waals surface area contributed by atoms with Crippen LogP contribution in [0.15, 0.2) is 17.0 Å². The molecule has 1 heterocycles. The van der Waals surface area contributed by atoms with E-state index in [0.717, 1.165) is 18.6 Å². The molecule has 0 spiro atoms. The molecule has 1 aliphatic rings. The number of rotatable bonds is 4. The van der Waals surface area contributed by atoms with Gasteiger partial charge >= 0.3 is 0 Å². The molecule has 90 valence electrons. The summed E-state index contributed by atoms with van der Waals surface area (Å²) in [5, 5.41) is 13.0. The Balaban J connectivity index is 1.93. The van der Waals surface area contributed by atoms with Crippen molar-refractivity contribution in [1.29, 1.82) is 0 Å². The van der Waals surface area contributed by atoms with Gasteiger partial charge < -0.3 is 14.8 Å². The van der Waals surface area contributed by atoms with E-state index in [1.165, 1.54) is 19.2 Å². The molecule has 0 amide bonds. The molecule has 0 aliphatic heterocycles. The summed E-state index contributed by atoms with van der Waals surface area (Å²) in [5.74, 6) is 1.51. The fourth-order valence-electron chi connectivity index (χ4n) is 2.62. The molecule has 0 radical (unpaired) electrons. The standard InChI is InChI=1S/C12H20N2O2/c1-10-3-2-4-12(5-10,8-15)14-7-11-6-13-9-16-11/h6,9-10,14-15H,2-5,7-8H2,1H3. The molecule has 0 saturated heterocycles. The molecule has 2 N–H and O–H groups in total. The average molecular weight is 224 g/mol. The summed E-state index contributed by atoms with van der Waals surface area (Å²) in [4.78, 5) is 3.88. The fraction of sp³-hybridized carbons (Fsp3) is 0.750. The van der Waals surface area contributed by atoms with Crippen LogP contribution in [0.3, 0.4) is 0 Å². The van der Waals surface area contributed by atoms with Crippen molar-refractivity contribution in [3.8, 4) is 0 Å². The summed E-state index contributed by atoms with van der Waals surface area (Å²) in [7, 11) is 0. The Morgan fingerprint density at radius 1 is 1.69 bits per heavy atom. The van der Waals surface area contributed by atoms with Gasteiger partial charge in [-0.3, -0.25) is 0 Å². The lowest BCUT2D eigenvalue weighted by Gasteiger charge is -2.39. The third kappa shape index (κ3) is 2.62. The first-order chi connectivity index (χ1) is 7.74. The van der Waals surface area contributed by atoms with Crippen LogP contribution in [0.4, 0.5) is 0 Å². The molecular formula is C12H20N2O2. The number of oxazole rings is 1. The van der Waals surface area contributed by atoms with Gasteiger partial charge in [-0.15, -0.1) is 0 Å². The van der Waals surface area contributed by atoms with Crippen molar-refractivity contribution in [1.82, 2.24) is 10.3 Å². The third-order valence-electron chi connectivity index (χ3n) is 3.52. The van der Waals surface area contributed by atoms with E-state index in [1.807, 2.05) is 0 Å². The SMILES string of the molecule is CC1CCCC(CO)(NCc2cnco2)C1. The second kappa shape index (κ2) is 4.97. The van der Waals surface area contributed by atoms with Crippen LogP contribution in [-0.4, -0.2) is 22.2 Å². The first-order valence-corrected chi connectivity index (χ1v) is 5.97. The number of aromatic nitrogens is 1. The van der Waals surface area contributed by atoms with Gasteiger partial charge in [-0.2, -0.15) is 0 Å². The van der Waals surface area contributed by atoms with Crippen molar-refractivity contribution >= 4 is 0 Å². The predicted octanol–water partition coefficient (Wildman–Crippen LogP) is 1.71. The molecule has 4 heteroatoms. The topological polar surface area (TPSA) is 58.3 Å². The molecule has 1 saturated carbocycles. The minimum atomic E-state index is -0.121. The summed E-state index contributed by atoms with van der Waals surface area (Å²) in [6.45, 7) is 3.10. The van der Waals surface area contributed by atoms with Crippen molar-refractivity contribution in [2.45, 2.75) is 44.7 Å². The zero-order valence-corrected chi connectivity index (χ0v) is 9.78. The van der Waals surface area contributed by atoms with E-state index in [9.17, 15) is 5.11 Å². The van der Waals surface area contributed by atoms with Gasteiger partial charge in [0.15, 0.2) is 6.39 Å². The van der Waals surface area contributed by atoms with Gasteiger partial charge in [0.1, 0.15) is 5.76 Å². The highest BCUT2D eigenvalue weighted by Gasteiger charge is 2.33. The zero-order chi connectivity index (χ0) is 11.4. The number of nitrogens with zero attached hydrogens (tertiary/aromatic N) is 1. The molecule has 4 nitrogen and oxygen atoms in total. The molecule has 1 fully saturated rings. The predicted molar refractivity (Wildman–Crippen MR) is 60.8 cm³/mol. The van der Waals surface area contributed by atoms with Crippen LogP contribution in [-0.2, 0) is 6.54 Å². The number of hydrogen-bond acceptors (Lipinski definition) is 4. The quantitative estimate of drug-likeness (QED) is 0.817. The highest BCUT2D eigenvalue weighted by molar-refractivity contribution is 4.96. The van der Waals surface area contributed by atoms with Crippen molar-refractivity contribution in [3.63, 3.8) is 0 Å². The lowest BCUT2D eigenvalue weighted by Crippen LogP contribution is -2.51. The van der Waals surface area contributed by atoms with E-state index in [4.69, 9.17) is 4.42 Å². The molecule has 2 unspecified atom stereocenters. The molecule has 0 aromatic carbocycles. The Morgan fingerprint density at radius 2 is 2.56 bits per heavy atom. The lowest BCUT2D eigenvalue weighted by molar-refractivity contribution is 0.0964. The summed E-state index contributed by atoms with van der Waals surface area (Å²) in [6, 6.07) is 0. The van der Waals surface area contributed by atoms with Gasteiger partial charge in [0.25, 0.3) is 0 Å². The summed E-state index contributed by atoms with van der Waals surface area (Å²) < 4.78 is 5.19. The van der Waals surface area contributed by atoms with Gasteiger partial charge in [-0.05, 0) is 18.8 Å². The van der Waals surface area contributed by atoms with Crippen LogP contribution in [0.2, 0.25) is 0 Å². The van der Waals surface area contributed by atoms with Crippen LogP contribution < -0.4 is 5.32 Å². The van der Waals surface area contributed by atoms with Crippen LogP contribution in [0.1, 0.15) is 38.4 Å². The number of aliphatic hydroxyl groups excluding tert-OH is 1. The van der Waals surface area contributed by atoms with E-state index in [-0.39, 0.29) is 12.1 Å². The molecule has 16 heavy (non-hydrogen) atoms. The Kier molecular flexibility index (Phi) is 3.61. The van der Waals surface area contributed by atoms with Crippen LogP contribution in [0.25, 0.3) is 0 Å². The van der Waals surface area contributed by atoms with E-state index < -0.39 is 0 Å². The van der Waals surface area contributed by atoms with Gasteiger partial charge in [0.05, 0.1) is 19.3 Å². The molecular weight excluding hydrogens is 204 g/mol. The van der Waals surface area contributed by atoms with Gasteiger partial charge in [-0.25, -0.2) is 4.98 Å². The Labute approximate surface area is 96.1 Å². The first-order valence-electron chi connectivity index (χ1n) is 5.97. The fourth-order valence-corrected chi connectivity index (χ4v) is 2.62. The lowest BCUT2D eigenvalue weighted by atomic mass is 9.77. The maximum absolute atomic E-state index is 9.58. The highest BCUT2D eigenvalue weighted by atomic mass is 16.3. The van der Waals surface area contributed by atoms with Gasteiger partial charge in [0.2, 0.25) is 0 Å². The smallest absolute Gasteiger partial charge is 0.180 e. The molecule has 1 aromatic heterocycles. The minimum Gasteiger partial charge on any atom is -0.447 e. The monoisotopic (exact) mass is 224 g/mol. The Morgan fingerprint density at radius 3 is 3.19 bits per heavy atom. The van der Waals surface area contributed by atoms with Crippen molar-refractivity contribution in [2.24, 2.45) is 5.92 Å². The van der Waals surface area contributed by atoms with Crippen LogP contribution >= 0.6 is 0 Å². The molecule has 1 aromatic rings. The minimum absolute atomic E-state index is 0.121. The van der Waals surface area contributed by atoms with E-state index in [1.54, 1.807) is 6.20 Å². The van der Waals surface area contributed by atoms with Crippen LogP contribution in [0, 0.1) is 5.92 Å². The Bertz CT molecular complexity index is 313. The van der Waals surface area contributed by atoms with Gasteiger partial charge in [0, 0.05) is 5.54 Å². The zero-order valence-electron chi connectivity index (χ0n) is 9.78. The van der Waals surface area contributed by atoms with Gasteiger partial charge in [-0.1, -0.05) is 19.8 Å². The molecule has 2 rings (SSSR count). The molecule has 0 bridgehead atoms. The van der Waals surface area contributed by atoms with E-state index in [0.29, 0.717) is 12.5 Å². The maximum atomic E-state index is 9.58. The second-order valence-electron chi connectivity index (χ2n) is 4.96. The summed E-state index contributed by atoms with van der Waals surface area (Å²) >= 11 is 0. The summed E-state index contributed by atoms with van der Waals surface area (Å²) in [5.41, 5.74) is -0.121. The number of hydrogen-bond donors (Lipinski definition) is 2. The largest absolute Gasteiger partial charge is 0.447 e. The highest BCUT2D eigenvalue weighted by Crippen LogP contribution is 2.32. The average Bonchev–Trinajstić information content (AvgIpc) is 2.79. The number of nitrogens with one attached hydrogen (secondary N) is 1. The third-order valence-corrected chi connectivity index (χ3v) is 3.52. The van der Waals surface area contributed by atoms with E-state index in [2.05, 4.69) is 17.2 Å². The number of aliphatic hydroxyl groups is 1. The van der Waals surface area contributed by atoms with Crippen molar-refractivity contribution < 1.29 is 9.52 Å².